The Bertz CT molecular complexity index is 1130. The topological polar surface area (TPSA) is 113 Å². The number of thiazole rings is 1. The molecule has 1 unspecified atom stereocenters. The number of benzene rings is 1. The first-order chi connectivity index (χ1) is 13.4. The average Bonchev–Trinajstić information content (AvgIpc) is 3.24. The van der Waals surface area contributed by atoms with E-state index in [-0.39, 0.29) is 17.7 Å². The highest BCUT2D eigenvalue weighted by molar-refractivity contribution is 7.17. The lowest BCUT2D eigenvalue weighted by molar-refractivity contribution is 0.0605. The predicted octanol–water partition coefficient (Wildman–Crippen LogP) is 2.82. The van der Waals surface area contributed by atoms with Gasteiger partial charge in [0.15, 0.2) is 5.13 Å². The van der Waals surface area contributed by atoms with Crippen molar-refractivity contribution in [1.29, 1.82) is 0 Å². The number of hydrogen-bond acceptors (Lipinski definition) is 6. The highest BCUT2D eigenvalue weighted by Gasteiger charge is 2.27. The van der Waals surface area contributed by atoms with Crippen LogP contribution in [-0.4, -0.2) is 41.4 Å². The molecule has 2 amide bonds. The summed E-state index contributed by atoms with van der Waals surface area (Å²) >= 11 is 1.07. The number of carbonyl (C=O) groups excluding carboxylic acids is 3. The molecule has 1 aliphatic rings. The van der Waals surface area contributed by atoms with Crippen LogP contribution in [0.4, 0.5) is 5.13 Å². The average molecular weight is 398 g/mol. The third-order valence-corrected chi connectivity index (χ3v) is 5.83. The molecule has 3 aromatic rings. The minimum Gasteiger partial charge on any atom is -0.465 e. The van der Waals surface area contributed by atoms with Crippen molar-refractivity contribution in [3.05, 3.63) is 45.6 Å². The zero-order chi connectivity index (χ0) is 20.0. The van der Waals surface area contributed by atoms with E-state index in [0.717, 1.165) is 27.8 Å². The third kappa shape index (κ3) is 2.93. The van der Waals surface area contributed by atoms with Crippen LogP contribution in [0.25, 0.3) is 10.9 Å². The van der Waals surface area contributed by atoms with Crippen LogP contribution < -0.4 is 10.6 Å². The summed E-state index contributed by atoms with van der Waals surface area (Å²) in [6.07, 6.45) is 0. The zero-order valence-corrected chi connectivity index (χ0v) is 16.3. The largest absolute Gasteiger partial charge is 0.465 e. The molecule has 3 N–H and O–H groups in total. The number of aromatic amines is 1. The first-order valence-electron chi connectivity index (χ1n) is 8.70. The van der Waals surface area contributed by atoms with Gasteiger partial charge in [0.2, 0.25) is 0 Å². The molecule has 0 spiro atoms. The molecule has 8 nitrogen and oxygen atoms in total. The second-order valence-corrected chi connectivity index (χ2v) is 7.66. The number of ether oxygens (including phenoxy) is 1. The van der Waals surface area contributed by atoms with E-state index in [1.54, 1.807) is 25.1 Å². The lowest BCUT2D eigenvalue weighted by Gasteiger charge is -2.19. The van der Waals surface area contributed by atoms with Gasteiger partial charge in [-0.15, -0.1) is 0 Å². The van der Waals surface area contributed by atoms with Crippen LogP contribution in [0.1, 0.15) is 54.6 Å². The molecule has 1 aliphatic heterocycles. The number of H-pyrrole nitrogens is 1. The number of aryl methyl sites for hydroxylation is 1. The van der Waals surface area contributed by atoms with Crippen molar-refractivity contribution in [2.24, 2.45) is 0 Å². The second-order valence-electron chi connectivity index (χ2n) is 6.66. The number of anilines is 1. The SMILES string of the molecule is COC(=O)c1sc(NC(=O)c2ccc3[nH]c4c(c3c2)C(C)CNC4=O)nc1C. The predicted molar refractivity (Wildman–Crippen MR) is 105 cm³/mol. The van der Waals surface area contributed by atoms with Gasteiger partial charge in [-0.2, -0.15) is 0 Å². The lowest BCUT2D eigenvalue weighted by Crippen LogP contribution is -2.33. The number of methoxy groups -OCH3 is 1. The van der Waals surface area contributed by atoms with Crippen LogP contribution in [-0.2, 0) is 4.74 Å². The van der Waals surface area contributed by atoms with Gasteiger partial charge in [-0.05, 0) is 30.7 Å². The van der Waals surface area contributed by atoms with Crippen molar-refractivity contribution in [3.8, 4) is 0 Å². The molecule has 0 saturated heterocycles. The number of amides is 2. The van der Waals surface area contributed by atoms with E-state index in [1.807, 2.05) is 6.92 Å². The minimum atomic E-state index is -0.483. The van der Waals surface area contributed by atoms with Crippen LogP contribution in [0.5, 0.6) is 0 Å². The third-order valence-electron chi connectivity index (χ3n) is 4.78. The van der Waals surface area contributed by atoms with Crippen LogP contribution in [0.2, 0.25) is 0 Å². The number of rotatable bonds is 3. The molecule has 0 saturated carbocycles. The highest BCUT2D eigenvalue weighted by Crippen LogP contribution is 2.32. The fraction of sp³-hybridized carbons (Fsp3) is 0.263. The van der Waals surface area contributed by atoms with E-state index in [0.29, 0.717) is 33.5 Å². The van der Waals surface area contributed by atoms with Gasteiger partial charge in [-0.3, -0.25) is 14.9 Å². The standard InChI is InChI=1S/C19H18N4O4S/c1-8-7-20-17(25)14-13(8)11-6-10(4-5-12(11)22-14)16(24)23-19-21-9(2)15(28-19)18(26)27-3/h4-6,8,22H,7H2,1-3H3,(H,20,25)(H,21,23,24). The number of esters is 1. The molecule has 0 aliphatic carbocycles. The Labute approximate surface area is 164 Å². The zero-order valence-electron chi connectivity index (χ0n) is 15.5. The van der Waals surface area contributed by atoms with E-state index < -0.39 is 5.97 Å². The van der Waals surface area contributed by atoms with Gasteiger partial charge in [0.1, 0.15) is 10.6 Å². The Morgan fingerprint density at radius 2 is 2.14 bits per heavy atom. The Morgan fingerprint density at radius 1 is 1.36 bits per heavy atom. The minimum absolute atomic E-state index is 0.135. The van der Waals surface area contributed by atoms with E-state index >= 15 is 0 Å². The molecule has 4 rings (SSSR count). The van der Waals surface area contributed by atoms with Gasteiger partial charge in [-0.25, -0.2) is 9.78 Å². The van der Waals surface area contributed by atoms with E-state index in [4.69, 9.17) is 4.74 Å². The Balaban J connectivity index is 1.66. The maximum Gasteiger partial charge on any atom is 0.350 e. The number of nitrogens with zero attached hydrogens (tertiary/aromatic N) is 1. The maximum atomic E-state index is 12.7. The first kappa shape index (κ1) is 18.2. The number of hydrogen-bond donors (Lipinski definition) is 3. The summed E-state index contributed by atoms with van der Waals surface area (Å²) in [5.74, 6) is -0.814. The van der Waals surface area contributed by atoms with Crippen LogP contribution in [0.15, 0.2) is 18.2 Å². The Hall–Kier alpha value is -3.20. The quantitative estimate of drug-likeness (QED) is 0.587. The normalized spacial score (nSPS) is 15.8. The van der Waals surface area contributed by atoms with Gasteiger partial charge in [-0.1, -0.05) is 18.3 Å². The van der Waals surface area contributed by atoms with Crippen molar-refractivity contribution >= 4 is 45.2 Å². The lowest BCUT2D eigenvalue weighted by atomic mass is 9.93. The second kappa shape index (κ2) is 6.75. The molecule has 1 aromatic carbocycles. The van der Waals surface area contributed by atoms with Crippen molar-refractivity contribution < 1.29 is 19.1 Å². The van der Waals surface area contributed by atoms with Crippen molar-refractivity contribution in [2.75, 3.05) is 19.0 Å². The van der Waals surface area contributed by atoms with E-state index in [1.165, 1.54) is 7.11 Å². The van der Waals surface area contributed by atoms with Crippen molar-refractivity contribution in [2.45, 2.75) is 19.8 Å². The molecular weight excluding hydrogens is 380 g/mol. The molecule has 144 valence electrons. The first-order valence-corrected chi connectivity index (χ1v) is 9.51. The number of nitrogens with one attached hydrogen (secondary N) is 3. The fourth-order valence-electron chi connectivity index (χ4n) is 3.38. The smallest absolute Gasteiger partial charge is 0.350 e. The fourth-order valence-corrected chi connectivity index (χ4v) is 4.26. The van der Waals surface area contributed by atoms with Crippen molar-refractivity contribution in [3.63, 3.8) is 0 Å². The molecular formula is C19H18N4O4S. The van der Waals surface area contributed by atoms with Crippen molar-refractivity contribution in [1.82, 2.24) is 15.3 Å². The summed E-state index contributed by atoms with van der Waals surface area (Å²) in [6, 6.07) is 5.25. The van der Waals surface area contributed by atoms with Gasteiger partial charge in [0.25, 0.3) is 11.8 Å². The molecule has 9 heteroatoms. The number of carbonyl (C=O) groups is 3. The summed E-state index contributed by atoms with van der Waals surface area (Å²) in [5.41, 5.74) is 3.22. The monoisotopic (exact) mass is 398 g/mol. The maximum absolute atomic E-state index is 12.7. The van der Waals surface area contributed by atoms with Crippen LogP contribution in [0.3, 0.4) is 0 Å². The number of fused-ring (bicyclic) bond motifs is 3. The molecule has 28 heavy (non-hydrogen) atoms. The van der Waals surface area contributed by atoms with Crippen LogP contribution in [0, 0.1) is 6.92 Å². The van der Waals surface area contributed by atoms with Gasteiger partial charge < -0.3 is 15.0 Å². The molecule has 0 fully saturated rings. The summed E-state index contributed by atoms with van der Waals surface area (Å²) in [5, 5.41) is 6.76. The highest BCUT2D eigenvalue weighted by atomic mass is 32.1. The molecule has 0 radical (unpaired) electrons. The molecule has 3 heterocycles. The molecule has 1 atom stereocenters. The Kier molecular flexibility index (Phi) is 4.38. The summed E-state index contributed by atoms with van der Waals surface area (Å²) in [6.45, 7) is 4.28. The molecule has 2 aromatic heterocycles. The van der Waals surface area contributed by atoms with Gasteiger partial charge in [0.05, 0.1) is 12.8 Å². The van der Waals surface area contributed by atoms with E-state index in [2.05, 4.69) is 20.6 Å². The summed E-state index contributed by atoms with van der Waals surface area (Å²) in [4.78, 5) is 44.2. The van der Waals surface area contributed by atoms with E-state index in [9.17, 15) is 14.4 Å². The Morgan fingerprint density at radius 3 is 2.89 bits per heavy atom. The van der Waals surface area contributed by atoms with Crippen LogP contribution >= 0.6 is 11.3 Å². The summed E-state index contributed by atoms with van der Waals surface area (Å²) < 4.78 is 4.71. The van der Waals surface area contributed by atoms with Gasteiger partial charge >= 0.3 is 5.97 Å². The molecule has 0 bridgehead atoms. The van der Waals surface area contributed by atoms with Gasteiger partial charge in [0, 0.05) is 28.9 Å². The number of aromatic nitrogens is 2. The summed E-state index contributed by atoms with van der Waals surface area (Å²) in [7, 11) is 1.30.